The first kappa shape index (κ1) is 13.5. The van der Waals surface area contributed by atoms with Crippen LogP contribution in [0, 0.1) is 0 Å². The lowest BCUT2D eigenvalue weighted by Gasteiger charge is -2.19. The van der Waals surface area contributed by atoms with Crippen LogP contribution in [0.3, 0.4) is 0 Å². The summed E-state index contributed by atoms with van der Waals surface area (Å²) in [6.07, 6.45) is 0. The predicted molar refractivity (Wildman–Crippen MR) is 68.0 cm³/mol. The lowest BCUT2D eigenvalue weighted by atomic mass is 10.1. The highest BCUT2D eigenvalue weighted by Crippen LogP contribution is 2.20. The zero-order valence-corrected chi connectivity index (χ0v) is 10.8. The van der Waals surface area contributed by atoms with Gasteiger partial charge in [0.25, 0.3) is 0 Å². The molecule has 92 valence electrons. The maximum Gasteiger partial charge on any atom is 0.313 e. The number of hydrogen-bond donors (Lipinski definition) is 2. The molecule has 1 aromatic carbocycles. The molecule has 0 heterocycles. The summed E-state index contributed by atoms with van der Waals surface area (Å²) in [5.41, 5.74) is -0.0298. The maximum atomic E-state index is 11.6. The second-order valence-electron chi connectivity index (χ2n) is 4.64. The molecule has 0 fully saturated rings. The van der Waals surface area contributed by atoms with Crippen LogP contribution in [0.4, 0.5) is 5.69 Å². The summed E-state index contributed by atoms with van der Waals surface area (Å²) in [5, 5.41) is 5.41. The predicted octanol–water partition coefficient (Wildman–Crippen LogP) is 2.19. The minimum absolute atomic E-state index is 0.393. The molecule has 0 aliphatic carbocycles. The van der Waals surface area contributed by atoms with Crippen LogP contribution < -0.4 is 10.6 Å². The highest BCUT2D eigenvalue weighted by Gasteiger charge is 2.20. The van der Waals surface area contributed by atoms with E-state index < -0.39 is 17.4 Å². The Hall–Kier alpha value is -1.55. The van der Waals surface area contributed by atoms with Gasteiger partial charge >= 0.3 is 11.8 Å². The van der Waals surface area contributed by atoms with Gasteiger partial charge in [0.2, 0.25) is 0 Å². The first-order valence-corrected chi connectivity index (χ1v) is 5.55. The Bertz CT molecular complexity index is 438. The number of amides is 2. The molecule has 5 heteroatoms. The van der Waals surface area contributed by atoms with Crippen molar-refractivity contribution in [2.75, 3.05) is 5.32 Å². The van der Waals surface area contributed by atoms with Crippen molar-refractivity contribution in [3.05, 3.63) is 29.3 Å². The Kier molecular flexibility index (Phi) is 4.12. The Morgan fingerprint density at radius 1 is 1.12 bits per heavy atom. The number of benzene rings is 1. The molecule has 4 nitrogen and oxygen atoms in total. The molecule has 0 spiro atoms. The van der Waals surface area contributed by atoms with E-state index in [9.17, 15) is 9.59 Å². The molecule has 0 bridgehead atoms. The second-order valence-corrected chi connectivity index (χ2v) is 5.05. The normalized spacial score (nSPS) is 10.8. The fraction of sp³-hybridized carbons (Fsp3) is 0.333. The van der Waals surface area contributed by atoms with Gasteiger partial charge in [0.1, 0.15) is 0 Å². The quantitative estimate of drug-likeness (QED) is 0.755. The topological polar surface area (TPSA) is 58.2 Å². The highest BCUT2D eigenvalue weighted by atomic mass is 35.5. The minimum atomic E-state index is -0.729. The summed E-state index contributed by atoms with van der Waals surface area (Å²) < 4.78 is 0. The van der Waals surface area contributed by atoms with E-state index in [4.69, 9.17) is 11.6 Å². The van der Waals surface area contributed by atoms with Gasteiger partial charge in [-0.25, -0.2) is 0 Å². The Morgan fingerprint density at radius 3 is 2.24 bits per heavy atom. The van der Waals surface area contributed by atoms with Crippen LogP contribution in [0.2, 0.25) is 5.02 Å². The summed E-state index contributed by atoms with van der Waals surface area (Å²) in [7, 11) is 0. The van der Waals surface area contributed by atoms with E-state index >= 15 is 0 Å². The molecule has 0 atom stereocenters. The molecule has 0 unspecified atom stereocenters. The maximum absolute atomic E-state index is 11.6. The van der Waals surface area contributed by atoms with Gasteiger partial charge in [0, 0.05) is 5.54 Å². The standard InChI is InChI=1S/C12H15ClN2O2/c1-12(2,3)15-11(17)10(16)14-9-7-5-4-6-8(9)13/h4-7H,1-3H3,(H,14,16)(H,15,17). The SMILES string of the molecule is CC(C)(C)NC(=O)C(=O)Nc1ccccc1Cl. The fourth-order valence-corrected chi connectivity index (χ4v) is 1.32. The molecule has 2 N–H and O–H groups in total. The van der Waals surface area contributed by atoms with E-state index in [2.05, 4.69) is 10.6 Å². The number of nitrogens with one attached hydrogen (secondary N) is 2. The van der Waals surface area contributed by atoms with Crippen LogP contribution in [-0.2, 0) is 9.59 Å². The van der Waals surface area contributed by atoms with E-state index in [1.54, 1.807) is 45.0 Å². The molecular formula is C12H15ClN2O2. The molecule has 1 rings (SSSR count). The third-order valence-electron chi connectivity index (χ3n) is 1.82. The largest absolute Gasteiger partial charge is 0.343 e. The number of carbonyl (C=O) groups excluding carboxylic acids is 2. The van der Waals surface area contributed by atoms with E-state index in [0.717, 1.165) is 0 Å². The van der Waals surface area contributed by atoms with Crippen molar-refractivity contribution < 1.29 is 9.59 Å². The summed E-state index contributed by atoms with van der Waals surface area (Å²) >= 11 is 5.86. The first-order valence-electron chi connectivity index (χ1n) is 5.17. The third-order valence-corrected chi connectivity index (χ3v) is 2.15. The fourth-order valence-electron chi connectivity index (χ4n) is 1.14. The first-order chi connectivity index (χ1) is 7.79. The van der Waals surface area contributed by atoms with Crippen LogP contribution in [0.25, 0.3) is 0 Å². The molecular weight excluding hydrogens is 240 g/mol. The van der Waals surface area contributed by atoms with Crippen molar-refractivity contribution in [2.45, 2.75) is 26.3 Å². The van der Waals surface area contributed by atoms with E-state index in [1.165, 1.54) is 0 Å². The minimum Gasteiger partial charge on any atom is -0.343 e. The van der Waals surface area contributed by atoms with Gasteiger partial charge in [-0.05, 0) is 32.9 Å². The molecule has 1 aromatic rings. The van der Waals surface area contributed by atoms with Crippen LogP contribution in [0.15, 0.2) is 24.3 Å². The zero-order chi connectivity index (χ0) is 13.1. The molecule has 0 aliphatic rings. The number of halogens is 1. The summed E-state index contributed by atoms with van der Waals surface area (Å²) in [4.78, 5) is 23.1. The van der Waals surface area contributed by atoms with Gasteiger partial charge < -0.3 is 10.6 Å². The number of hydrogen-bond acceptors (Lipinski definition) is 2. The van der Waals surface area contributed by atoms with Crippen molar-refractivity contribution in [3.8, 4) is 0 Å². The third kappa shape index (κ3) is 4.44. The highest BCUT2D eigenvalue weighted by molar-refractivity contribution is 6.41. The summed E-state index contributed by atoms with van der Waals surface area (Å²) in [5.74, 6) is -1.41. The van der Waals surface area contributed by atoms with E-state index in [1.807, 2.05) is 0 Å². The van der Waals surface area contributed by atoms with Crippen molar-refractivity contribution in [1.82, 2.24) is 5.32 Å². The smallest absolute Gasteiger partial charge is 0.313 e. The van der Waals surface area contributed by atoms with Crippen LogP contribution >= 0.6 is 11.6 Å². The summed E-state index contributed by atoms with van der Waals surface area (Å²) in [6.45, 7) is 5.40. The molecule has 0 radical (unpaired) electrons. The number of para-hydroxylation sites is 1. The lowest BCUT2D eigenvalue weighted by molar-refractivity contribution is -0.137. The van der Waals surface area contributed by atoms with Crippen molar-refractivity contribution in [2.24, 2.45) is 0 Å². The molecule has 0 aromatic heterocycles. The summed E-state index contributed by atoms with van der Waals surface area (Å²) in [6, 6.07) is 6.74. The van der Waals surface area contributed by atoms with Crippen molar-refractivity contribution >= 4 is 29.1 Å². The van der Waals surface area contributed by atoms with Crippen LogP contribution in [0.1, 0.15) is 20.8 Å². The van der Waals surface area contributed by atoms with Crippen LogP contribution in [-0.4, -0.2) is 17.4 Å². The van der Waals surface area contributed by atoms with Crippen LogP contribution in [0.5, 0.6) is 0 Å². The van der Waals surface area contributed by atoms with Gasteiger partial charge in [0.05, 0.1) is 10.7 Å². The number of rotatable bonds is 1. The molecule has 0 aliphatic heterocycles. The van der Waals surface area contributed by atoms with Gasteiger partial charge in [-0.3, -0.25) is 9.59 Å². The van der Waals surface area contributed by atoms with Gasteiger partial charge in [0.15, 0.2) is 0 Å². The second kappa shape index (κ2) is 5.19. The van der Waals surface area contributed by atoms with Crippen molar-refractivity contribution in [3.63, 3.8) is 0 Å². The number of anilines is 1. The lowest BCUT2D eigenvalue weighted by Crippen LogP contribution is -2.46. The Labute approximate surface area is 105 Å². The Balaban J connectivity index is 2.68. The van der Waals surface area contributed by atoms with E-state index in [-0.39, 0.29) is 0 Å². The van der Waals surface area contributed by atoms with Crippen molar-refractivity contribution in [1.29, 1.82) is 0 Å². The monoisotopic (exact) mass is 254 g/mol. The molecule has 0 saturated heterocycles. The zero-order valence-electron chi connectivity index (χ0n) is 10.0. The van der Waals surface area contributed by atoms with Gasteiger partial charge in [-0.1, -0.05) is 23.7 Å². The average molecular weight is 255 g/mol. The van der Waals surface area contributed by atoms with Gasteiger partial charge in [-0.2, -0.15) is 0 Å². The molecule has 0 saturated carbocycles. The molecule has 2 amide bonds. The average Bonchev–Trinajstić information content (AvgIpc) is 2.18. The van der Waals surface area contributed by atoms with Gasteiger partial charge in [-0.15, -0.1) is 0 Å². The Morgan fingerprint density at radius 2 is 1.71 bits per heavy atom. The number of carbonyl (C=O) groups is 2. The molecule has 17 heavy (non-hydrogen) atoms. The van der Waals surface area contributed by atoms with E-state index in [0.29, 0.717) is 10.7 Å².